The topological polar surface area (TPSA) is 76.7 Å². The van der Waals surface area contributed by atoms with Crippen LogP contribution in [0.15, 0.2) is 66.4 Å². The quantitative estimate of drug-likeness (QED) is 0.286. The summed E-state index contributed by atoms with van der Waals surface area (Å²) < 4.78 is 13.5. The number of halogens is 4. The standard InChI is InChI=1S/C22H16Br4N2O4/c1-31-19-15(7-11(23)9-17(19)25)21(29)27-13-3-5-14(6-4-13)28-22(30)16-8-12(24)10-18(26)20(16)32-2/h3-10H,1-2H3,(H,27,29)(H,28,30). The maximum atomic E-state index is 12.8. The Balaban J connectivity index is 1.75. The molecular weight excluding hydrogens is 676 g/mol. The van der Waals surface area contributed by atoms with Crippen molar-refractivity contribution in [3.63, 3.8) is 0 Å². The summed E-state index contributed by atoms with van der Waals surface area (Å²) in [6.07, 6.45) is 0. The lowest BCUT2D eigenvalue weighted by molar-refractivity contribution is 0.101. The second-order valence-corrected chi connectivity index (χ2v) is 9.96. The summed E-state index contributed by atoms with van der Waals surface area (Å²) in [6, 6.07) is 13.7. The first-order valence-electron chi connectivity index (χ1n) is 9.02. The molecule has 0 radical (unpaired) electrons. The van der Waals surface area contributed by atoms with Crippen molar-refractivity contribution in [1.82, 2.24) is 0 Å². The Bertz CT molecular complexity index is 1090. The van der Waals surface area contributed by atoms with Gasteiger partial charge in [0.25, 0.3) is 11.8 Å². The van der Waals surface area contributed by atoms with Crippen LogP contribution in [0.25, 0.3) is 0 Å². The molecule has 0 saturated heterocycles. The van der Waals surface area contributed by atoms with Gasteiger partial charge in [-0.25, -0.2) is 0 Å². The van der Waals surface area contributed by atoms with E-state index >= 15 is 0 Å². The molecule has 3 rings (SSSR count). The van der Waals surface area contributed by atoms with E-state index in [2.05, 4.69) is 74.4 Å². The largest absolute Gasteiger partial charge is 0.495 e. The molecule has 2 amide bonds. The van der Waals surface area contributed by atoms with Gasteiger partial charge in [-0.1, -0.05) is 31.9 Å². The Kier molecular flexibility index (Phi) is 8.37. The Morgan fingerprint density at radius 3 is 1.31 bits per heavy atom. The van der Waals surface area contributed by atoms with Crippen molar-refractivity contribution < 1.29 is 19.1 Å². The van der Waals surface area contributed by atoms with Gasteiger partial charge in [-0.15, -0.1) is 0 Å². The SMILES string of the molecule is COc1c(Br)cc(Br)cc1C(=O)Nc1ccc(NC(=O)c2cc(Br)cc(Br)c2OC)cc1. The van der Waals surface area contributed by atoms with Crippen molar-refractivity contribution in [2.75, 3.05) is 24.9 Å². The summed E-state index contributed by atoms with van der Waals surface area (Å²) >= 11 is 13.5. The van der Waals surface area contributed by atoms with Crippen LogP contribution >= 0.6 is 63.7 Å². The number of nitrogens with one attached hydrogen (secondary N) is 2. The first kappa shape index (κ1) is 24.8. The van der Waals surface area contributed by atoms with Crippen LogP contribution in [0.2, 0.25) is 0 Å². The van der Waals surface area contributed by atoms with Gasteiger partial charge < -0.3 is 20.1 Å². The number of hydrogen-bond acceptors (Lipinski definition) is 4. The van der Waals surface area contributed by atoms with Gasteiger partial charge in [0, 0.05) is 20.3 Å². The molecule has 3 aromatic rings. The Labute approximate surface area is 218 Å². The summed E-state index contributed by atoms with van der Waals surface area (Å²) in [4.78, 5) is 25.5. The van der Waals surface area contributed by atoms with Crippen molar-refractivity contribution in [1.29, 1.82) is 0 Å². The smallest absolute Gasteiger partial charge is 0.259 e. The van der Waals surface area contributed by atoms with Gasteiger partial charge in [-0.3, -0.25) is 9.59 Å². The highest BCUT2D eigenvalue weighted by Gasteiger charge is 2.18. The molecule has 32 heavy (non-hydrogen) atoms. The number of methoxy groups -OCH3 is 2. The van der Waals surface area contributed by atoms with Crippen LogP contribution in [-0.2, 0) is 0 Å². The summed E-state index contributed by atoms with van der Waals surface area (Å²) in [7, 11) is 3.00. The lowest BCUT2D eigenvalue weighted by Crippen LogP contribution is -2.15. The fourth-order valence-electron chi connectivity index (χ4n) is 2.91. The molecule has 0 saturated carbocycles. The van der Waals surface area contributed by atoms with Crippen molar-refractivity contribution in [3.05, 3.63) is 77.5 Å². The molecule has 0 aliphatic rings. The van der Waals surface area contributed by atoms with Gasteiger partial charge in [0.05, 0.1) is 34.3 Å². The third kappa shape index (κ3) is 5.72. The Morgan fingerprint density at radius 2 is 1.00 bits per heavy atom. The number of rotatable bonds is 6. The molecule has 0 fully saturated rings. The van der Waals surface area contributed by atoms with Crippen molar-refractivity contribution in [2.45, 2.75) is 0 Å². The monoisotopic (exact) mass is 688 g/mol. The van der Waals surface area contributed by atoms with E-state index in [4.69, 9.17) is 9.47 Å². The fraction of sp³-hybridized carbons (Fsp3) is 0.0909. The van der Waals surface area contributed by atoms with Crippen molar-refractivity contribution in [3.8, 4) is 11.5 Å². The minimum Gasteiger partial charge on any atom is -0.495 e. The zero-order valence-corrected chi connectivity index (χ0v) is 23.1. The van der Waals surface area contributed by atoms with Crippen LogP contribution in [0.3, 0.4) is 0 Å². The van der Waals surface area contributed by atoms with E-state index in [1.165, 1.54) is 14.2 Å². The molecule has 0 aliphatic carbocycles. The van der Waals surface area contributed by atoms with Gasteiger partial charge in [0.1, 0.15) is 11.5 Å². The maximum absolute atomic E-state index is 12.8. The zero-order chi connectivity index (χ0) is 23.4. The normalized spacial score (nSPS) is 10.4. The van der Waals surface area contributed by atoms with E-state index in [1.54, 1.807) is 48.5 Å². The van der Waals surface area contributed by atoms with Gasteiger partial charge in [-0.05, 0) is 80.4 Å². The highest BCUT2D eigenvalue weighted by molar-refractivity contribution is 9.11. The first-order chi connectivity index (χ1) is 15.2. The number of hydrogen-bond donors (Lipinski definition) is 2. The molecule has 0 bridgehead atoms. The molecule has 3 aromatic carbocycles. The molecule has 0 atom stereocenters. The number of anilines is 2. The van der Waals surface area contributed by atoms with E-state index in [0.29, 0.717) is 42.9 Å². The number of carbonyl (C=O) groups is 2. The maximum Gasteiger partial charge on any atom is 0.259 e. The molecule has 10 heteroatoms. The van der Waals surface area contributed by atoms with E-state index in [0.717, 1.165) is 8.95 Å². The molecule has 2 N–H and O–H groups in total. The van der Waals surface area contributed by atoms with Gasteiger partial charge in [0.15, 0.2) is 0 Å². The van der Waals surface area contributed by atoms with Gasteiger partial charge >= 0.3 is 0 Å². The van der Waals surface area contributed by atoms with E-state index in [9.17, 15) is 9.59 Å². The minimum atomic E-state index is -0.329. The van der Waals surface area contributed by atoms with E-state index < -0.39 is 0 Å². The summed E-state index contributed by atoms with van der Waals surface area (Å²) in [5, 5.41) is 5.65. The average molecular weight is 692 g/mol. The summed E-state index contributed by atoms with van der Waals surface area (Å²) in [5.41, 5.74) is 1.87. The molecule has 0 aromatic heterocycles. The second-order valence-electron chi connectivity index (χ2n) is 6.42. The van der Waals surface area contributed by atoms with Crippen LogP contribution in [-0.4, -0.2) is 26.0 Å². The summed E-state index contributed by atoms with van der Waals surface area (Å²) in [5.74, 6) is 0.209. The second kappa shape index (κ2) is 10.8. The molecule has 0 aliphatic heterocycles. The molecule has 0 heterocycles. The van der Waals surface area contributed by atoms with Crippen LogP contribution in [0.1, 0.15) is 20.7 Å². The molecule has 0 spiro atoms. The number of carbonyl (C=O) groups excluding carboxylic acids is 2. The predicted octanol–water partition coefficient (Wildman–Crippen LogP) is 7.26. The van der Waals surface area contributed by atoms with Gasteiger partial charge in [0.2, 0.25) is 0 Å². The third-order valence-electron chi connectivity index (χ3n) is 4.31. The number of benzene rings is 3. The minimum absolute atomic E-state index is 0.329. The average Bonchev–Trinajstić information content (AvgIpc) is 2.74. The lowest BCUT2D eigenvalue weighted by Gasteiger charge is -2.13. The molecule has 0 unspecified atom stereocenters. The Morgan fingerprint density at radius 1 is 0.656 bits per heavy atom. The van der Waals surface area contributed by atoms with Crippen LogP contribution in [0.5, 0.6) is 11.5 Å². The van der Waals surface area contributed by atoms with Crippen LogP contribution in [0.4, 0.5) is 11.4 Å². The Hall–Kier alpha value is -1.88. The molecule has 6 nitrogen and oxygen atoms in total. The number of amides is 2. The first-order valence-corrected chi connectivity index (χ1v) is 12.2. The predicted molar refractivity (Wildman–Crippen MR) is 139 cm³/mol. The fourth-order valence-corrected chi connectivity index (χ4v) is 5.68. The van der Waals surface area contributed by atoms with E-state index in [1.807, 2.05) is 0 Å². The number of ether oxygens (including phenoxy) is 2. The third-order valence-corrected chi connectivity index (χ3v) is 6.41. The molecular formula is C22H16Br4N2O4. The highest BCUT2D eigenvalue weighted by atomic mass is 79.9. The van der Waals surface area contributed by atoms with Crippen LogP contribution < -0.4 is 20.1 Å². The summed E-state index contributed by atoms with van der Waals surface area (Å²) in [6.45, 7) is 0. The van der Waals surface area contributed by atoms with Crippen LogP contribution in [0, 0.1) is 0 Å². The highest BCUT2D eigenvalue weighted by Crippen LogP contribution is 2.34. The zero-order valence-electron chi connectivity index (χ0n) is 16.8. The van der Waals surface area contributed by atoms with Crippen molar-refractivity contribution >= 4 is 86.9 Å². The van der Waals surface area contributed by atoms with Gasteiger partial charge in [-0.2, -0.15) is 0 Å². The van der Waals surface area contributed by atoms with E-state index in [-0.39, 0.29) is 11.8 Å². The van der Waals surface area contributed by atoms with Crippen molar-refractivity contribution in [2.24, 2.45) is 0 Å². The molecule has 166 valence electrons. The lowest BCUT2D eigenvalue weighted by atomic mass is 10.1.